The van der Waals surface area contributed by atoms with E-state index in [2.05, 4.69) is 4.74 Å². The van der Waals surface area contributed by atoms with Crippen molar-refractivity contribution in [2.24, 2.45) is 0 Å². The number of nitrogens with zero attached hydrogens (tertiary/aromatic N) is 2. The minimum Gasteiger partial charge on any atom is -0.501 e. The summed E-state index contributed by atoms with van der Waals surface area (Å²) in [4.78, 5) is 42.1. The molecular formula is C15H16N2O10S2. The van der Waals surface area contributed by atoms with Gasteiger partial charge in [-0.15, -0.1) is 0 Å². The zero-order valence-corrected chi connectivity index (χ0v) is 17.0. The van der Waals surface area contributed by atoms with Crippen LogP contribution in [0.5, 0.6) is 11.5 Å². The maximum Gasteiger partial charge on any atom is 0.366 e. The van der Waals surface area contributed by atoms with Crippen LogP contribution >= 0.6 is 22.7 Å². The summed E-state index contributed by atoms with van der Waals surface area (Å²) in [5, 5.41) is 29.3. The van der Waals surface area contributed by atoms with E-state index in [0.717, 1.165) is 17.4 Å². The summed E-state index contributed by atoms with van der Waals surface area (Å²) in [6, 6.07) is 2.33. The molecule has 0 aliphatic heterocycles. The molecule has 0 saturated carbocycles. The Morgan fingerprint density at radius 3 is 1.76 bits per heavy atom. The molecule has 0 atom stereocenters. The highest BCUT2D eigenvalue weighted by molar-refractivity contribution is 7.17. The van der Waals surface area contributed by atoms with Crippen molar-refractivity contribution in [1.82, 2.24) is 0 Å². The summed E-state index contributed by atoms with van der Waals surface area (Å²) in [5.74, 6) is -1.68. The van der Waals surface area contributed by atoms with Crippen molar-refractivity contribution in [2.75, 3.05) is 20.3 Å². The first kappa shape index (κ1) is 23.8. The van der Waals surface area contributed by atoms with E-state index in [0.29, 0.717) is 11.3 Å². The quantitative estimate of drug-likeness (QED) is 0.376. The Bertz CT molecular complexity index is 905. The van der Waals surface area contributed by atoms with Gasteiger partial charge in [0.1, 0.15) is 9.75 Å². The number of thiophene rings is 2. The molecule has 1 N–H and O–H groups in total. The number of aromatic hydroxyl groups is 1. The van der Waals surface area contributed by atoms with Crippen LogP contribution in [0, 0.1) is 20.2 Å². The first-order chi connectivity index (χ1) is 13.7. The predicted molar refractivity (Wildman–Crippen MR) is 102 cm³/mol. The topological polar surface area (TPSA) is 168 Å². The van der Waals surface area contributed by atoms with E-state index in [1.165, 1.54) is 13.2 Å². The molecule has 0 aliphatic carbocycles. The Morgan fingerprint density at radius 1 is 0.966 bits per heavy atom. The number of hydrogen-bond donors (Lipinski definition) is 1. The first-order valence-electron chi connectivity index (χ1n) is 7.79. The van der Waals surface area contributed by atoms with Gasteiger partial charge in [0, 0.05) is 12.1 Å². The van der Waals surface area contributed by atoms with Crippen LogP contribution in [-0.4, -0.2) is 47.2 Å². The maximum absolute atomic E-state index is 11.3. The fourth-order valence-corrected chi connectivity index (χ4v) is 3.34. The maximum atomic E-state index is 11.3. The summed E-state index contributed by atoms with van der Waals surface area (Å²) in [5.41, 5.74) is 0. The van der Waals surface area contributed by atoms with E-state index in [9.17, 15) is 29.8 Å². The van der Waals surface area contributed by atoms with E-state index < -0.39 is 32.5 Å². The summed E-state index contributed by atoms with van der Waals surface area (Å²) in [7, 11) is 1.31. The van der Waals surface area contributed by atoms with Crippen LogP contribution in [0.2, 0.25) is 0 Å². The Hall–Kier alpha value is -3.26. The molecule has 0 bridgehead atoms. The number of methoxy groups -OCH3 is 1. The molecule has 2 rings (SSSR count). The van der Waals surface area contributed by atoms with E-state index in [-0.39, 0.29) is 33.7 Å². The lowest BCUT2D eigenvalue weighted by Crippen LogP contribution is -2.01. The number of hydrogen-bond acceptors (Lipinski definition) is 12. The van der Waals surface area contributed by atoms with Gasteiger partial charge in [0.05, 0.1) is 30.2 Å². The van der Waals surface area contributed by atoms with E-state index >= 15 is 0 Å². The van der Waals surface area contributed by atoms with Crippen LogP contribution in [-0.2, 0) is 9.47 Å². The van der Waals surface area contributed by atoms with E-state index in [4.69, 9.17) is 14.6 Å². The summed E-state index contributed by atoms with van der Waals surface area (Å²) < 4.78 is 14.1. The highest BCUT2D eigenvalue weighted by Crippen LogP contribution is 2.37. The first-order valence-corrected chi connectivity index (χ1v) is 9.43. The zero-order chi connectivity index (χ0) is 22.1. The molecule has 158 valence electrons. The van der Waals surface area contributed by atoms with Crippen LogP contribution in [0.15, 0.2) is 12.1 Å². The Labute approximate surface area is 171 Å². The van der Waals surface area contributed by atoms with Crippen LogP contribution in [0.3, 0.4) is 0 Å². The zero-order valence-electron chi connectivity index (χ0n) is 15.4. The number of ether oxygens (including phenoxy) is 3. The Balaban J connectivity index is 0.000000291. The highest BCUT2D eigenvalue weighted by Gasteiger charge is 2.24. The lowest BCUT2D eigenvalue weighted by Gasteiger charge is -1.95. The second kappa shape index (κ2) is 10.9. The van der Waals surface area contributed by atoms with E-state index in [1.807, 2.05) is 0 Å². The number of carbonyl (C=O) groups is 2. The molecule has 14 heteroatoms. The average Bonchev–Trinajstić information content (AvgIpc) is 3.26. The molecule has 0 amide bonds. The van der Waals surface area contributed by atoms with Crippen molar-refractivity contribution in [3.63, 3.8) is 0 Å². The molecule has 29 heavy (non-hydrogen) atoms. The molecular weight excluding hydrogens is 432 g/mol. The van der Waals surface area contributed by atoms with Gasteiger partial charge >= 0.3 is 21.9 Å². The summed E-state index contributed by atoms with van der Waals surface area (Å²) in [6.07, 6.45) is 0. The molecule has 0 spiro atoms. The summed E-state index contributed by atoms with van der Waals surface area (Å²) >= 11 is 1.33. The Kier molecular flexibility index (Phi) is 8.95. The molecule has 0 fully saturated rings. The second-order valence-electron chi connectivity index (χ2n) is 4.74. The minimum atomic E-state index is -0.747. The molecule has 0 aliphatic rings. The van der Waals surface area contributed by atoms with Gasteiger partial charge in [0.15, 0.2) is 0 Å². The van der Waals surface area contributed by atoms with E-state index in [1.54, 1.807) is 13.8 Å². The van der Waals surface area contributed by atoms with Crippen LogP contribution in [0.25, 0.3) is 0 Å². The molecule has 0 saturated heterocycles. The SMILES string of the molecule is CCOC(=O)c1cc(O)c([N+](=O)[O-])s1.CCOC(=O)c1cc(OC)c([N+](=O)[O-])s1. The molecule has 0 radical (unpaired) electrons. The number of nitro groups is 2. The fraction of sp³-hybridized carbons (Fsp3) is 0.333. The average molecular weight is 448 g/mol. The smallest absolute Gasteiger partial charge is 0.366 e. The van der Waals surface area contributed by atoms with Crippen molar-refractivity contribution in [2.45, 2.75) is 13.8 Å². The van der Waals surface area contributed by atoms with Gasteiger partial charge in [-0.3, -0.25) is 20.2 Å². The molecule has 2 aromatic rings. The highest BCUT2D eigenvalue weighted by atomic mass is 32.1. The van der Waals surface area contributed by atoms with Crippen LogP contribution in [0.4, 0.5) is 10.0 Å². The standard InChI is InChI=1S/C8H9NO5S.C7H7NO5S/c1-3-14-8(10)6-4-5(13-2)7(15-6)9(11)12;1-2-13-7(10)5-3-4(9)6(14-5)8(11)12/h4H,3H2,1-2H3;3,9H,2H2,1H3. The van der Waals surface area contributed by atoms with Gasteiger partial charge in [-0.25, -0.2) is 9.59 Å². The Morgan fingerprint density at radius 2 is 1.41 bits per heavy atom. The van der Waals surface area contributed by atoms with Gasteiger partial charge < -0.3 is 19.3 Å². The second-order valence-corrected chi connectivity index (χ2v) is 6.80. The van der Waals surface area contributed by atoms with Crippen molar-refractivity contribution in [3.8, 4) is 11.5 Å². The van der Waals surface area contributed by atoms with Gasteiger partial charge in [0.2, 0.25) is 11.5 Å². The van der Waals surface area contributed by atoms with Crippen molar-refractivity contribution >= 4 is 44.6 Å². The van der Waals surface area contributed by atoms with Gasteiger partial charge in [-0.1, -0.05) is 22.7 Å². The molecule has 2 aromatic heterocycles. The third-order valence-corrected chi connectivity index (χ3v) is 4.98. The molecule has 0 aromatic carbocycles. The molecule has 2 heterocycles. The predicted octanol–water partition coefficient (Wildman–Crippen LogP) is 3.38. The van der Waals surface area contributed by atoms with Gasteiger partial charge in [-0.2, -0.15) is 0 Å². The van der Waals surface area contributed by atoms with Crippen molar-refractivity contribution in [3.05, 3.63) is 42.1 Å². The molecule has 0 unspecified atom stereocenters. The third-order valence-electron chi connectivity index (χ3n) is 2.88. The number of esters is 2. The number of rotatable bonds is 7. The van der Waals surface area contributed by atoms with Crippen molar-refractivity contribution in [1.29, 1.82) is 0 Å². The fourth-order valence-electron chi connectivity index (χ4n) is 1.75. The van der Waals surface area contributed by atoms with Crippen LogP contribution in [0.1, 0.15) is 33.2 Å². The largest absolute Gasteiger partial charge is 0.501 e. The summed E-state index contributed by atoms with van der Waals surface area (Å²) in [6.45, 7) is 3.70. The van der Waals surface area contributed by atoms with Gasteiger partial charge in [-0.05, 0) is 13.8 Å². The normalized spacial score (nSPS) is 9.76. The minimum absolute atomic E-state index is 0.0241. The monoisotopic (exact) mass is 448 g/mol. The van der Waals surface area contributed by atoms with Crippen molar-refractivity contribution < 1.29 is 38.8 Å². The number of carbonyl (C=O) groups excluding carboxylic acids is 2. The molecule has 12 nitrogen and oxygen atoms in total. The third kappa shape index (κ3) is 6.39. The van der Waals surface area contributed by atoms with Gasteiger partial charge in [0.25, 0.3) is 0 Å². The lowest BCUT2D eigenvalue weighted by atomic mass is 10.4. The lowest BCUT2D eigenvalue weighted by molar-refractivity contribution is -0.381. The van der Waals surface area contributed by atoms with Crippen LogP contribution < -0.4 is 4.74 Å².